The fourth-order valence-electron chi connectivity index (χ4n) is 5.81. The molecular weight excluding hydrogens is 496 g/mol. The Morgan fingerprint density at radius 1 is 0.974 bits per heavy atom. The number of amides is 2. The summed E-state index contributed by atoms with van der Waals surface area (Å²) in [7, 11) is 1.57. The molecule has 39 heavy (non-hydrogen) atoms. The largest absolute Gasteiger partial charge is 0.465 e. The van der Waals surface area contributed by atoms with Gasteiger partial charge >= 0.3 is 11.9 Å². The zero-order valence-electron chi connectivity index (χ0n) is 26.2. The Hall–Kier alpha value is -2.12. The summed E-state index contributed by atoms with van der Waals surface area (Å²) in [4.78, 5) is 54.2. The molecular formula is C31H56N2O6. The summed E-state index contributed by atoms with van der Waals surface area (Å²) in [5.41, 5.74) is -2.96. The molecule has 0 aromatic heterocycles. The molecule has 1 aliphatic rings. The molecule has 0 spiro atoms. The van der Waals surface area contributed by atoms with Crippen molar-refractivity contribution in [1.82, 2.24) is 10.2 Å². The molecule has 0 radical (unpaired) electrons. The van der Waals surface area contributed by atoms with Gasteiger partial charge in [0.1, 0.15) is 0 Å². The molecule has 1 saturated heterocycles. The van der Waals surface area contributed by atoms with E-state index < -0.39 is 28.4 Å². The number of unbranched alkanes of at least 4 members (excludes halogenated alkanes) is 1. The van der Waals surface area contributed by atoms with Crippen molar-refractivity contribution >= 4 is 23.8 Å². The Morgan fingerprint density at radius 2 is 1.64 bits per heavy atom. The van der Waals surface area contributed by atoms with Crippen molar-refractivity contribution in [1.29, 1.82) is 0 Å². The molecule has 4 atom stereocenters. The van der Waals surface area contributed by atoms with Crippen LogP contribution in [-0.2, 0) is 28.7 Å². The van der Waals surface area contributed by atoms with Crippen molar-refractivity contribution in [2.24, 2.45) is 22.2 Å². The Labute approximate surface area is 237 Å². The number of nitrogens with one attached hydrogen (secondary N) is 1. The van der Waals surface area contributed by atoms with E-state index in [2.05, 4.69) is 19.2 Å². The lowest BCUT2D eigenvalue weighted by molar-refractivity contribution is -0.174. The van der Waals surface area contributed by atoms with E-state index in [0.717, 1.165) is 44.9 Å². The van der Waals surface area contributed by atoms with Crippen LogP contribution in [0.5, 0.6) is 0 Å². The third kappa shape index (κ3) is 10.1. The van der Waals surface area contributed by atoms with Crippen molar-refractivity contribution < 1.29 is 28.7 Å². The van der Waals surface area contributed by atoms with Gasteiger partial charge in [0.05, 0.1) is 17.4 Å². The molecule has 0 aromatic carbocycles. The lowest BCUT2D eigenvalue weighted by Gasteiger charge is -2.40. The molecule has 1 fully saturated rings. The van der Waals surface area contributed by atoms with Gasteiger partial charge in [-0.2, -0.15) is 0 Å². The van der Waals surface area contributed by atoms with Crippen LogP contribution < -0.4 is 5.32 Å². The molecule has 226 valence electrons. The predicted molar refractivity (Wildman–Crippen MR) is 154 cm³/mol. The van der Waals surface area contributed by atoms with Crippen molar-refractivity contribution in [3.63, 3.8) is 0 Å². The number of ether oxygens (including phenoxy) is 2. The second-order valence-electron chi connectivity index (χ2n) is 12.7. The second kappa shape index (κ2) is 15.6. The van der Waals surface area contributed by atoms with E-state index in [1.165, 1.54) is 0 Å². The van der Waals surface area contributed by atoms with Gasteiger partial charge in [-0.25, -0.2) is 0 Å². The molecule has 0 aromatic rings. The first-order valence-electron chi connectivity index (χ1n) is 15.1. The van der Waals surface area contributed by atoms with Crippen LogP contribution in [0.15, 0.2) is 0 Å². The van der Waals surface area contributed by atoms with Gasteiger partial charge in [-0.1, -0.05) is 53.4 Å². The number of likely N-dealkylation sites (tertiary alicyclic amines) is 1. The van der Waals surface area contributed by atoms with Gasteiger partial charge in [-0.3, -0.25) is 19.2 Å². The highest BCUT2D eigenvalue weighted by molar-refractivity contribution is 5.85. The zero-order chi connectivity index (χ0) is 29.9. The van der Waals surface area contributed by atoms with Crippen LogP contribution in [0.25, 0.3) is 0 Å². The third-order valence-electron chi connectivity index (χ3n) is 8.53. The van der Waals surface area contributed by atoms with Gasteiger partial charge in [0, 0.05) is 25.4 Å². The van der Waals surface area contributed by atoms with E-state index in [9.17, 15) is 19.2 Å². The standard InChI is InChI=1S/C31H56N2O6/c1-10-13-17-24(11-2)20-38-28(37)30(7,12-3)22-31(8,26(35)32-9)21-29(5,6)27(36)39-23(4)33-19-16-14-15-18-25(33)34/h23-24H,10-22H2,1-9H3,(H,32,35). The monoisotopic (exact) mass is 552 g/mol. The summed E-state index contributed by atoms with van der Waals surface area (Å²) in [6, 6.07) is 0. The van der Waals surface area contributed by atoms with Gasteiger partial charge in [0.2, 0.25) is 11.8 Å². The van der Waals surface area contributed by atoms with Gasteiger partial charge in [0.15, 0.2) is 6.23 Å². The predicted octanol–water partition coefficient (Wildman–Crippen LogP) is 6.01. The fraction of sp³-hybridized carbons (Fsp3) is 0.871. The number of esters is 2. The third-order valence-corrected chi connectivity index (χ3v) is 8.53. The number of carbonyl (C=O) groups is 4. The minimum absolute atomic E-state index is 0.00182. The van der Waals surface area contributed by atoms with E-state index in [1.54, 1.807) is 39.6 Å². The Balaban J connectivity index is 3.05. The van der Waals surface area contributed by atoms with Crippen molar-refractivity contribution in [2.75, 3.05) is 20.2 Å². The molecule has 4 unspecified atom stereocenters. The number of rotatable bonds is 16. The molecule has 1 rings (SSSR count). The van der Waals surface area contributed by atoms with E-state index in [-0.39, 0.29) is 30.6 Å². The van der Waals surface area contributed by atoms with Crippen LogP contribution in [0, 0.1) is 22.2 Å². The van der Waals surface area contributed by atoms with Gasteiger partial charge in [-0.05, 0) is 72.1 Å². The topological polar surface area (TPSA) is 102 Å². The minimum Gasteiger partial charge on any atom is -0.465 e. The van der Waals surface area contributed by atoms with Crippen LogP contribution in [-0.4, -0.2) is 55.1 Å². The van der Waals surface area contributed by atoms with Crippen LogP contribution >= 0.6 is 0 Å². The molecule has 8 heteroatoms. The highest BCUT2D eigenvalue weighted by atomic mass is 16.6. The Morgan fingerprint density at radius 3 is 2.21 bits per heavy atom. The molecule has 0 saturated carbocycles. The first-order chi connectivity index (χ1) is 18.2. The summed E-state index contributed by atoms with van der Waals surface area (Å²) < 4.78 is 11.6. The average molecular weight is 553 g/mol. The number of hydrogen-bond acceptors (Lipinski definition) is 6. The fourth-order valence-corrected chi connectivity index (χ4v) is 5.81. The molecule has 2 amide bonds. The average Bonchev–Trinajstić information content (AvgIpc) is 3.11. The maximum atomic E-state index is 13.4. The van der Waals surface area contributed by atoms with Crippen LogP contribution in [0.3, 0.4) is 0 Å². The number of nitrogens with zero attached hydrogens (tertiary/aromatic N) is 1. The lowest BCUT2D eigenvalue weighted by Crippen LogP contribution is -2.48. The molecule has 1 N–H and O–H groups in total. The highest BCUT2D eigenvalue weighted by Crippen LogP contribution is 2.45. The van der Waals surface area contributed by atoms with Crippen molar-refractivity contribution in [3.05, 3.63) is 0 Å². The van der Waals surface area contributed by atoms with Gasteiger partial charge < -0.3 is 19.7 Å². The molecule has 0 bridgehead atoms. The minimum atomic E-state index is -1.03. The maximum Gasteiger partial charge on any atom is 0.313 e. The number of hydrogen-bond donors (Lipinski definition) is 1. The summed E-state index contributed by atoms with van der Waals surface area (Å²) in [6.07, 6.45) is 7.59. The summed E-state index contributed by atoms with van der Waals surface area (Å²) >= 11 is 0. The van der Waals surface area contributed by atoms with Crippen molar-refractivity contribution in [3.8, 4) is 0 Å². The summed E-state index contributed by atoms with van der Waals surface area (Å²) in [5, 5.41) is 2.74. The lowest BCUT2D eigenvalue weighted by atomic mass is 9.64. The Bertz CT molecular complexity index is 828. The zero-order valence-corrected chi connectivity index (χ0v) is 26.2. The second-order valence-corrected chi connectivity index (χ2v) is 12.7. The maximum absolute atomic E-state index is 13.4. The molecule has 1 aliphatic heterocycles. The van der Waals surface area contributed by atoms with Crippen LogP contribution in [0.2, 0.25) is 0 Å². The number of carbonyl (C=O) groups excluding carboxylic acids is 4. The highest BCUT2D eigenvalue weighted by Gasteiger charge is 2.49. The smallest absolute Gasteiger partial charge is 0.313 e. The van der Waals surface area contributed by atoms with Gasteiger partial charge in [0.25, 0.3) is 0 Å². The van der Waals surface area contributed by atoms with E-state index in [1.807, 2.05) is 13.8 Å². The summed E-state index contributed by atoms with van der Waals surface area (Å²) in [6.45, 7) is 16.0. The molecule has 0 aliphatic carbocycles. The SMILES string of the molecule is CCCCC(CC)COC(=O)C(C)(CC)CC(C)(CC(C)(C)C(=O)OC(C)N1CCCCCC1=O)C(=O)NC. The van der Waals surface area contributed by atoms with Crippen LogP contribution in [0.1, 0.15) is 126 Å². The Kier molecular flexibility index (Phi) is 14.0. The first-order valence-corrected chi connectivity index (χ1v) is 15.1. The first kappa shape index (κ1) is 34.9. The molecule has 8 nitrogen and oxygen atoms in total. The van der Waals surface area contributed by atoms with Crippen LogP contribution in [0.4, 0.5) is 0 Å². The molecule has 1 heterocycles. The quantitative estimate of drug-likeness (QED) is 0.235. The van der Waals surface area contributed by atoms with E-state index >= 15 is 0 Å². The van der Waals surface area contributed by atoms with Gasteiger partial charge in [-0.15, -0.1) is 0 Å². The van der Waals surface area contributed by atoms with E-state index in [0.29, 0.717) is 31.9 Å². The van der Waals surface area contributed by atoms with E-state index in [4.69, 9.17) is 9.47 Å². The normalized spacial score (nSPS) is 19.2. The summed E-state index contributed by atoms with van der Waals surface area (Å²) in [5.74, 6) is -0.681. The van der Waals surface area contributed by atoms with Crippen molar-refractivity contribution in [2.45, 2.75) is 132 Å².